The maximum atomic E-state index is 12.3. The third-order valence-corrected chi connectivity index (χ3v) is 3.02. The molecule has 0 atom stereocenters. The van der Waals surface area contributed by atoms with Crippen LogP contribution in [0.1, 0.15) is 49.9 Å². The Morgan fingerprint density at radius 2 is 1.65 bits per heavy atom. The van der Waals surface area contributed by atoms with Crippen LogP contribution in [0, 0.1) is 0 Å². The van der Waals surface area contributed by atoms with E-state index in [1.807, 2.05) is 30.3 Å². The van der Waals surface area contributed by atoms with Crippen molar-refractivity contribution in [1.29, 1.82) is 0 Å². The van der Waals surface area contributed by atoms with E-state index < -0.39 is 0 Å². The first-order chi connectivity index (χ1) is 8.20. The molecule has 2 heteroatoms. The van der Waals surface area contributed by atoms with Gasteiger partial charge in [-0.15, -0.1) is 0 Å². The van der Waals surface area contributed by atoms with E-state index in [0.717, 1.165) is 41.9 Å². The number of hydrogen-bond acceptors (Lipinski definition) is 1. The normalized spacial score (nSPS) is 12.2. The average Bonchev–Trinajstić information content (AvgIpc) is 2.36. The SMILES string of the molecule is CCC/C(Cl)=C(\CCC)C(=O)c1ccccc1. The fourth-order valence-corrected chi connectivity index (χ4v) is 2.13. The van der Waals surface area contributed by atoms with Gasteiger partial charge < -0.3 is 0 Å². The highest BCUT2D eigenvalue weighted by Crippen LogP contribution is 2.23. The Bertz CT molecular complexity index is 393. The van der Waals surface area contributed by atoms with E-state index >= 15 is 0 Å². The average molecular weight is 251 g/mol. The fourth-order valence-electron chi connectivity index (χ4n) is 1.76. The van der Waals surface area contributed by atoms with Crippen molar-refractivity contribution in [1.82, 2.24) is 0 Å². The maximum absolute atomic E-state index is 12.3. The summed E-state index contributed by atoms with van der Waals surface area (Å²) in [5.41, 5.74) is 1.51. The largest absolute Gasteiger partial charge is 0.289 e. The van der Waals surface area contributed by atoms with Crippen LogP contribution in [0.4, 0.5) is 0 Å². The summed E-state index contributed by atoms with van der Waals surface area (Å²) < 4.78 is 0. The van der Waals surface area contributed by atoms with Crippen molar-refractivity contribution in [2.24, 2.45) is 0 Å². The molecule has 0 heterocycles. The Morgan fingerprint density at radius 3 is 2.18 bits per heavy atom. The third-order valence-electron chi connectivity index (χ3n) is 2.61. The lowest BCUT2D eigenvalue weighted by molar-refractivity contribution is 0.103. The monoisotopic (exact) mass is 250 g/mol. The number of halogens is 1. The van der Waals surface area contributed by atoms with E-state index in [1.54, 1.807) is 0 Å². The highest BCUT2D eigenvalue weighted by atomic mass is 35.5. The molecule has 0 aliphatic carbocycles. The lowest BCUT2D eigenvalue weighted by atomic mass is 9.98. The fraction of sp³-hybridized carbons (Fsp3) is 0.400. The second kappa shape index (κ2) is 7.29. The lowest BCUT2D eigenvalue weighted by Crippen LogP contribution is -2.05. The van der Waals surface area contributed by atoms with Gasteiger partial charge in [0, 0.05) is 16.2 Å². The van der Waals surface area contributed by atoms with E-state index in [9.17, 15) is 4.79 Å². The minimum atomic E-state index is 0.0749. The zero-order valence-corrected chi connectivity index (χ0v) is 11.3. The summed E-state index contributed by atoms with van der Waals surface area (Å²) in [6.07, 6.45) is 3.45. The maximum Gasteiger partial charge on any atom is 0.190 e. The number of allylic oxidation sites excluding steroid dienone is 2. The van der Waals surface area contributed by atoms with Crippen LogP contribution in [-0.2, 0) is 0 Å². The molecular formula is C15H19ClO. The lowest BCUT2D eigenvalue weighted by Gasteiger charge is -2.08. The molecule has 0 aliphatic heterocycles. The second-order valence-corrected chi connectivity index (χ2v) is 4.53. The molecule has 0 spiro atoms. The minimum Gasteiger partial charge on any atom is -0.289 e. The van der Waals surface area contributed by atoms with E-state index in [2.05, 4.69) is 13.8 Å². The first kappa shape index (κ1) is 14.0. The summed E-state index contributed by atoms with van der Waals surface area (Å²) in [7, 11) is 0. The van der Waals surface area contributed by atoms with Crippen LogP contribution in [0.15, 0.2) is 40.9 Å². The van der Waals surface area contributed by atoms with Crippen LogP contribution < -0.4 is 0 Å². The van der Waals surface area contributed by atoms with Crippen LogP contribution in [-0.4, -0.2) is 5.78 Å². The van der Waals surface area contributed by atoms with Crippen molar-refractivity contribution in [3.05, 3.63) is 46.5 Å². The predicted octanol–water partition coefficient (Wildman–Crippen LogP) is 4.96. The van der Waals surface area contributed by atoms with Crippen molar-refractivity contribution >= 4 is 17.4 Å². The van der Waals surface area contributed by atoms with Crippen LogP contribution >= 0.6 is 11.6 Å². The standard InChI is InChI=1S/C15H19ClO/c1-3-8-13(14(16)9-4-2)15(17)12-10-6-5-7-11-12/h5-7,10-11H,3-4,8-9H2,1-2H3/b14-13-. The Labute approximate surface area is 108 Å². The second-order valence-electron chi connectivity index (χ2n) is 4.08. The molecule has 1 aromatic carbocycles. The number of carbonyl (C=O) groups excluding carboxylic acids is 1. The zero-order chi connectivity index (χ0) is 12.7. The minimum absolute atomic E-state index is 0.0749. The summed E-state index contributed by atoms with van der Waals surface area (Å²) in [6, 6.07) is 9.35. The number of ketones is 1. The Balaban J connectivity index is 3.00. The Hall–Kier alpha value is -1.08. The Kier molecular flexibility index (Phi) is 5.99. The van der Waals surface area contributed by atoms with Crippen LogP contribution in [0.5, 0.6) is 0 Å². The molecule has 0 aromatic heterocycles. The zero-order valence-electron chi connectivity index (χ0n) is 10.5. The van der Waals surface area contributed by atoms with E-state index in [1.165, 1.54) is 0 Å². The molecule has 0 radical (unpaired) electrons. The highest BCUT2D eigenvalue weighted by molar-refractivity contribution is 6.32. The summed E-state index contributed by atoms with van der Waals surface area (Å²) in [4.78, 5) is 12.3. The predicted molar refractivity (Wildman–Crippen MR) is 73.5 cm³/mol. The molecule has 1 aromatic rings. The molecule has 92 valence electrons. The van der Waals surface area contributed by atoms with Gasteiger partial charge in [0.15, 0.2) is 5.78 Å². The summed E-state index contributed by atoms with van der Waals surface area (Å²) in [5.74, 6) is 0.0749. The van der Waals surface area contributed by atoms with Crippen LogP contribution in [0.3, 0.4) is 0 Å². The van der Waals surface area contributed by atoms with Gasteiger partial charge in [-0.2, -0.15) is 0 Å². The van der Waals surface area contributed by atoms with Gasteiger partial charge >= 0.3 is 0 Å². The topological polar surface area (TPSA) is 17.1 Å². The van der Waals surface area contributed by atoms with Crippen molar-refractivity contribution in [2.45, 2.75) is 39.5 Å². The first-order valence-electron chi connectivity index (χ1n) is 6.18. The van der Waals surface area contributed by atoms with E-state index in [4.69, 9.17) is 11.6 Å². The number of rotatable bonds is 6. The van der Waals surface area contributed by atoms with Gasteiger partial charge in [0.1, 0.15) is 0 Å². The van der Waals surface area contributed by atoms with Gasteiger partial charge in [0.05, 0.1) is 0 Å². The van der Waals surface area contributed by atoms with Crippen molar-refractivity contribution in [3.8, 4) is 0 Å². The summed E-state index contributed by atoms with van der Waals surface area (Å²) in [6.45, 7) is 4.13. The molecule has 1 rings (SSSR count). The Morgan fingerprint density at radius 1 is 1.06 bits per heavy atom. The molecule has 0 saturated carbocycles. The number of benzene rings is 1. The molecule has 0 fully saturated rings. The molecule has 0 saturated heterocycles. The van der Waals surface area contributed by atoms with Crippen molar-refractivity contribution < 1.29 is 4.79 Å². The smallest absolute Gasteiger partial charge is 0.190 e. The first-order valence-corrected chi connectivity index (χ1v) is 6.55. The summed E-state index contributed by atoms with van der Waals surface area (Å²) >= 11 is 6.23. The quantitative estimate of drug-likeness (QED) is 0.515. The molecule has 0 unspecified atom stereocenters. The van der Waals surface area contributed by atoms with Gasteiger partial charge in [-0.05, 0) is 12.8 Å². The van der Waals surface area contributed by atoms with Crippen LogP contribution in [0.25, 0.3) is 0 Å². The number of carbonyl (C=O) groups is 1. The number of Topliss-reactive ketones (excluding diaryl/α,β-unsaturated/α-hetero) is 1. The van der Waals surface area contributed by atoms with E-state index in [-0.39, 0.29) is 5.78 Å². The molecule has 0 bridgehead atoms. The van der Waals surface area contributed by atoms with Gasteiger partial charge in [-0.1, -0.05) is 68.6 Å². The van der Waals surface area contributed by atoms with Crippen molar-refractivity contribution in [3.63, 3.8) is 0 Å². The summed E-state index contributed by atoms with van der Waals surface area (Å²) in [5, 5.41) is 0.725. The molecule has 1 nitrogen and oxygen atoms in total. The molecule has 0 N–H and O–H groups in total. The van der Waals surface area contributed by atoms with Crippen LogP contribution in [0.2, 0.25) is 0 Å². The molecule has 17 heavy (non-hydrogen) atoms. The number of hydrogen-bond donors (Lipinski definition) is 0. The third kappa shape index (κ3) is 4.01. The molecule has 0 aliphatic rings. The van der Waals surface area contributed by atoms with E-state index in [0.29, 0.717) is 0 Å². The van der Waals surface area contributed by atoms with Gasteiger partial charge in [-0.25, -0.2) is 0 Å². The van der Waals surface area contributed by atoms with Gasteiger partial charge in [-0.3, -0.25) is 4.79 Å². The van der Waals surface area contributed by atoms with Gasteiger partial charge in [0.2, 0.25) is 0 Å². The van der Waals surface area contributed by atoms with Gasteiger partial charge in [0.25, 0.3) is 0 Å². The highest BCUT2D eigenvalue weighted by Gasteiger charge is 2.14. The molecular weight excluding hydrogens is 232 g/mol. The molecule has 0 amide bonds. The van der Waals surface area contributed by atoms with Crippen molar-refractivity contribution in [2.75, 3.05) is 0 Å².